The van der Waals surface area contributed by atoms with Crippen LogP contribution in [-0.4, -0.2) is 51.9 Å². The minimum absolute atomic E-state index is 0.112. The number of amides is 2. The van der Waals surface area contributed by atoms with E-state index < -0.39 is 6.04 Å². The zero-order chi connectivity index (χ0) is 31.2. The molecule has 12 heteroatoms. The van der Waals surface area contributed by atoms with Crippen LogP contribution in [0.4, 0.5) is 0 Å². The molecule has 1 aromatic carbocycles. The van der Waals surface area contributed by atoms with Crippen LogP contribution in [-0.2, 0) is 4.79 Å². The molecule has 3 aromatic heterocycles. The maximum atomic E-state index is 13.1. The summed E-state index contributed by atoms with van der Waals surface area (Å²) in [5, 5.41) is 16.3. The van der Waals surface area contributed by atoms with Gasteiger partial charge in [0.1, 0.15) is 16.9 Å². The molecule has 4 aromatic rings. The zero-order valence-electron chi connectivity index (χ0n) is 24.9. The van der Waals surface area contributed by atoms with Gasteiger partial charge in [0.05, 0.1) is 18.7 Å². The predicted octanol–water partition coefficient (Wildman–Crippen LogP) is 4.81. The van der Waals surface area contributed by atoms with E-state index in [1.165, 1.54) is 4.88 Å². The number of aryl methyl sites for hydroxylation is 2. The van der Waals surface area contributed by atoms with E-state index in [2.05, 4.69) is 46.5 Å². The fraction of sp³-hybridized carbons (Fsp3) is 0.344. The number of nitrogens with two attached hydrogens (primary N) is 1. The second-order valence-electron chi connectivity index (χ2n) is 10.4. The van der Waals surface area contributed by atoms with Crippen molar-refractivity contribution >= 4 is 40.5 Å². The van der Waals surface area contributed by atoms with Gasteiger partial charge in [-0.1, -0.05) is 29.7 Å². The number of thiophene rings is 1. The Bertz CT molecular complexity index is 1760. The van der Waals surface area contributed by atoms with Crippen LogP contribution in [0.1, 0.15) is 81.3 Å². The van der Waals surface area contributed by atoms with E-state index >= 15 is 0 Å². The quantitative estimate of drug-likeness (QED) is 0.170. The van der Waals surface area contributed by atoms with Crippen LogP contribution in [0, 0.1) is 32.6 Å². The molecular formula is C32H34ClN7O3S. The summed E-state index contributed by atoms with van der Waals surface area (Å²) in [4.78, 5) is 31.7. The fourth-order valence-electron chi connectivity index (χ4n) is 4.99. The summed E-state index contributed by atoms with van der Waals surface area (Å²) >= 11 is 7.87. The van der Waals surface area contributed by atoms with Gasteiger partial charge in [-0.2, -0.15) is 0 Å². The lowest BCUT2D eigenvalue weighted by atomic mass is 9.99. The maximum absolute atomic E-state index is 13.1. The molecule has 1 atom stereocenters. The number of halogens is 1. The van der Waals surface area contributed by atoms with Crippen LogP contribution < -0.4 is 16.4 Å². The van der Waals surface area contributed by atoms with Gasteiger partial charge in [-0.25, -0.2) is 0 Å². The number of rotatable bonds is 10. The molecule has 4 N–H and O–H groups in total. The number of aromatic nitrogens is 3. The third-order valence-electron chi connectivity index (χ3n) is 7.34. The number of nitrogens with one attached hydrogen (secondary N) is 2. The standard InChI is InChI=1S/C32H34ClN7O3S/c1-19-20(2)44-32-28(19)29(22-9-11-23(33)12-10-22)37-25(30-39-38-21(3)40(30)32)18-27(41)35-16-5-4-6-17-36-31(42)26-14-13-24(43-26)8-7-15-34/h9-14,25H,4-6,15-18,34H2,1-3H3,(H,35,41)(H,36,42)/t25-/m0/s1. The molecule has 0 aliphatic carbocycles. The second kappa shape index (κ2) is 14.0. The number of fused-ring (bicyclic) bond motifs is 3. The lowest BCUT2D eigenvalue weighted by Gasteiger charge is -2.13. The summed E-state index contributed by atoms with van der Waals surface area (Å²) in [7, 11) is 0. The van der Waals surface area contributed by atoms with Gasteiger partial charge in [-0.15, -0.1) is 21.5 Å². The van der Waals surface area contributed by atoms with E-state index in [9.17, 15) is 9.59 Å². The van der Waals surface area contributed by atoms with Gasteiger partial charge < -0.3 is 20.8 Å². The number of furan rings is 1. The van der Waals surface area contributed by atoms with Crippen molar-refractivity contribution in [2.75, 3.05) is 19.6 Å². The summed E-state index contributed by atoms with van der Waals surface area (Å²) in [5.41, 5.74) is 9.28. The molecule has 228 valence electrons. The molecule has 4 heterocycles. The maximum Gasteiger partial charge on any atom is 0.287 e. The fourth-order valence-corrected chi connectivity index (χ4v) is 6.33. The van der Waals surface area contributed by atoms with Crippen molar-refractivity contribution in [1.82, 2.24) is 25.4 Å². The van der Waals surface area contributed by atoms with Crippen molar-refractivity contribution in [1.29, 1.82) is 0 Å². The number of carbonyl (C=O) groups is 2. The molecule has 1 aliphatic heterocycles. The smallest absolute Gasteiger partial charge is 0.287 e. The van der Waals surface area contributed by atoms with Crippen molar-refractivity contribution in [2.45, 2.75) is 52.5 Å². The van der Waals surface area contributed by atoms with Gasteiger partial charge in [-0.05, 0) is 75.8 Å². The van der Waals surface area contributed by atoms with Gasteiger partial charge in [-0.3, -0.25) is 19.1 Å². The van der Waals surface area contributed by atoms with Crippen LogP contribution in [0.5, 0.6) is 0 Å². The van der Waals surface area contributed by atoms with Gasteiger partial charge in [0, 0.05) is 34.1 Å². The number of unbranched alkanes of at least 4 members (excludes halogenated alkanes) is 2. The summed E-state index contributed by atoms with van der Waals surface area (Å²) in [6.07, 6.45) is 2.51. The second-order valence-corrected chi connectivity index (χ2v) is 12.1. The molecular weight excluding hydrogens is 598 g/mol. The lowest BCUT2D eigenvalue weighted by molar-refractivity contribution is -0.121. The molecule has 0 saturated carbocycles. The van der Waals surface area contributed by atoms with Crippen molar-refractivity contribution < 1.29 is 14.0 Å². The molecule has 44 heavy (non-hydrogen) atoms. The van der Waals surface area contributed by atoms with Crippen molar-refractivity contribution in [3.05, 3.63) is 86.2 Å². The van der Waals surface area contributed by atoms with Gasteiger partial charge in [0.25, 0.3) is 5.91 Å². The summed E-state index contributed by atoms with van der Waals surface area (Å²) in [6.45, 7) is 7.36. The minimum Gasteiger partial charge on any atom is -0.443 e. The average molecular weight is 632 g/mol. The summed E-state index contributed by atoms with van der Waals surface area (Å²) in [5.74, 6) is 7.07. The zero-order valence-corrected chi connectivity index (χ0v) is 26.4. The van der Waals surface area contributed by atoms with E-state index in [1.807, 2.05) is 35.8 Å². The van der Waals surface area contributed by atoms with Crippen molar-refractivity contribution in [3.63, 3.8) is 0 Å². The average Bonchev–Trinajstić information content (AvgIpc) is 3.69. The highest BCUT2D eigenvalue weighted by Gasteiger charge is 2.32. The molecule has 0 bridgehead atoms. The Morgan fingerprint density at radius 1 is 1.05 bits per heavy atom. The molecule has 10 nitrogen and oxygen atoms in total. The molecule has 0 saturated heterocycles. The Morgan fingerprint density at radius 2 is 1.80 bits per heavy atom. The summed E-state index contributed by atoms with van der Waals surface area (Å²) in [6, 6.07) is 10.3. The number of hydrogen-bond acceptors (Lipinski definition) is 8. The molecule has 1 aliphatic rings. The topological polar surface area (TPSA) is 140 Å². The minimum atomic E-state index is -0.514. The van der Waals surface area contributed by atoms with Crippen LogP contribution in [0.25, 0.3) is 5.00 Å². The number of nitrogens with zero attached hydrogens (tertiary/aromatic N) is 4. The Morgan fingerprint density at radius 3 is 2.55 bits per heavy atom. The van der Waals surface area contributed by atoms with E-state index in [1.54, 1.807) is 23.5 Å². The first-order valence-electron chi connectivity index (χ1n) is 14.5. The van der Waals surface area contributed by atoms with Gasteiger partial charge in [0.2, 0.25) is 5.91 Å². The molecule has 0 unspecified atom stereocenters. The van der Waals surface area contributed by atoms with Crippen LogP contribution in [0.15, 0.2) is 45.8 Å². The third-order valence-corrected chi connectivity index (χ3v) is 8.79. The molecule has 5 rings (SSSR count). The van der Waals surface area contributed by atoms with E-state index in [0.29, 0.717) is 29.7 Å². The lowest BCUT2D eigenvalue weighted by Crippen LogP contribution is -2.27. The Hall–Kier alpha value is -4.24. The monoisotopic (exact) mass is 631 g/mol. The van der Waals surface area contributed by atoms with Crippen molar-refractivity contribution in [3.8, 4) is 16.8 Å². The van der Waals surface area contributed by atoms with Crippen LogP contribution in [0.3, 0.4) is 0 Å². The van der Waals surface area contributed by atoms with Gasteiger partial charge >= 0.3 is 0 Å². The van der Waals surface area contributed by atoms with Crippen LogP contribution >= 0.6 is 22.9 Å². The highest BCUT2D eigenvalue weighted by molar-refractivity contribution is 7.15. The Balaban J connectivity index is 1.18. The van der Waals surface area contributed by atoms with Crippen LogP contribution in [0.2, 0.25) is 5.02 Å². The number of hydrogen-bond donors (Lipinski definition) is 3. The Labute approximate surface area is 265 Å². The normalized spacial score (nSPS) is 13.7. The number of carbonyl (C=O) groups excluding carboxylic acids is 2. The molecule has 0 radical (unpaired) electrons. The van der Waals surface area contributed by atoms with E-state index in [0.717, 1.165) is 52.5 Å². The first-order chi connectivity index (χ1) is 21.3. The first-order valence-corrected chi connectivity index (χ1v) is 15.7. The van der Waals surface area contributed by atoms with E-state index in [-0.39, 0.29) is 30.5 Å². The summed E-state index contributed by atoms with van der Waals surface area (Å²) < 4.78 is 7.45. The van der Waals surface area contributed by atoms with E-state index in [4.69, 9.17) is 26.7 Å². The number of aliphatic imine (C=N–C) groups is 1. The number of benzene rings is 1. The van der Waals surface area contributed by atoms with Gasteiger partial charge in [0.15, 0.2) is 17.3 Å². The molecule has 2 amide bonds. The SMILES string of the molecule is Cc1sc2c(c1C)C(c1ccc(Cl)cc1)=N[C@@H](CC(=O)NCCCCCNC(=O)c1ccc(C#CCN)o1)c1nnc(C)n1-2. The van der Waals surface area contributed by atoms with Crippen molar-refractivity contribution in [2.24, 2.45) is 10.7 Å². The highest BCUT2D eigenvalue weighted by atomic mass is 35.5. The molecule has 0 spiro atoms. The third kappa shape index (κ3) is 6.94. The highest BCUT2D eigenvalue weighted by Crippen LogP contribution is 2.39. The largest absolute Gasteiger partial charge is 0.443 e. The predicted molar refractivity (Wildman–Crippen MR) is 172 cm³/mol. The first kappa shape index (κ1) is 31.2. The molecule has 0 fully saturated rings. The Kier molecular flexibility index (Phi) is 9.95.